The predicted octanol–water partition coefficient (Wildman–Crippen LogP) is 1.43. The standard InChI is InChI=1S/C15H20O5/c1-3-19-13(17)15(10-11-16,14(18)20-4-2)12-8-6-5-7-9-12/h5-9,16H,3-4,10-11H2,1-2H3. The zero-order chi connectivity index (χ0) is 15.0. The number of aliphatic hydroxyl groups excluding tert-OH is 1. The van der Waals surface area contributed by atoms with Crippen LogP contribution in [0.15, 0.2) is 30.3 Å². The number of hydrogen-bond donors (Lipinski definition) is 1. The van der Waals surface area contributed by atoms with Crippen molar-refractivity contribution in [3.8, 4) is 0 Å². The number of esters is 2. The first kappa shape index (κ1) is 16.2. The van der Waals surface area contributed by atoms with Gasteiger partial charge in [0.05, 0.1) is 13.2 Å². The normalized spacial score (nSPS) is 10.9. The van der Waals surface area contributed by atoms with E-state index in [0.717, 1.165) is 0 Å². The summed E-state index contributed by atoms with van der Waals surface area (Å²) < 4.78 is 10.1. The van der Waals surface area contributed by atoms with Crippen LogP contribution in [-0.4, -0.2) is 36.9 Å². The number of ether oxygens (including phenoxy) is 2. The first-order valence-electron chi connectivity index (χ1n) is 6.64. The molecule has 0 heterocycles. The SMILES string of the molecule is CCOC(=O)C(CCO)(C(=O)OCC)c1ccccc1. The summed E-state index contributed by atoms with van der Waals surface area (Å²) in [5, 5.41) is 9.28. The fourth-order valence-corrected chi connectivity index (χ4v) is 2.07. The summed E-state index contributed by atoms with van der Waals surface area (Å²) >= 11 is 0. The van der Waals surface area contributed by atoms with Gasteiger partial charge in [-0.2, -0.15) is 0 Å². The lowest BCUT2D eigenvalue weighted by molar-refractivity contribution is -0.165. The van der Waals surface area contributed by atoms with Gasteiger partial charge in [0, 0.05) is 13.0 Å². The highest BCUT2D eigenvalue weighted by Gasteiger charge is 2.50. The second-order valence-corrected chi connectivity index (χ2v) is 4.19. The Balaban J connectivity index is 3.33. The highest BCUT2D eigenvalue weighted by atomic mass is 16.6. The van der Waals surface area contributed by atoms with Gasteiger partial charge in [0.25, 0.3) is 0 Å². The quantitative estimate of drug-likeness (QED) is 0.604. The van der Waals surface area contributed by atoms with Crippen LogP contribution in [-0.2, 0) is 24.5 Å². The molecule has 0 radical (unpaired) electrons. The first-order chi connectivity index (χ1) is 9.63. The monoisotopic (exact) mass is 280 g/mol. The third kappa shape index (κ3) is 3.17. The molecule has 1 rings (SSSR count). The first-order valence-corrected chi connectivity index (χ1v) is 6.64. The summed E-state index contributed by atoms with van der Waals surface area (Å²) in [5.74, 6) is -1.39. The minimum absolute atomic E-state index is 0.0747. The fraction of sp³-hybridized carbons (Fsp3) is 0.467. The van der Waals surface area contributed by atoms with Crippen LogP contribution in [0.1, 0.15) is 25.8 Å². The van der Waals surface area contributed by atoms with Crippen LogP contribution >= 0.6 is 0 Å². The lowest BCUT2D eigenvalue weighted by Crippen LogP contribution is -2.47. The van der Waals surface area contributed by atoms with E-state index in [0.29, 0.717) is 5.56 Å². The van der Waals surface area contributed by atoms with Crippen LogP contribution in [0.25, 0.3) is 0 Å². The topological polar surface area (TPSA) is 72.8 Å². The number of hydrogen-bond acceptors (Lipinski definition) is 5. The van der Waals surface area contributed by atoms with Crippen LogP contribution in [0.4, 0.5) is 0 Å². The van der Waals surface area contributed by atoms with Crippen molar-refractivity contribution in [1.82, 2.24) is 0 Å². The van der Waals surface area contributed by atoms with E-state index >= 15 is 0 Å². The number of benzene rings is 1. The van der Waals surface area contributed by atoms with Crippen molar-refractivity contribution in [2.75, 3.05) is 19.8 Å². The molecule has 0 spiro atoms. The van der Waals surface area contributed by atoms with Crippen LogP contribution in [0, 0.1) is 0 Å². The molecule has 0 aliphatic carbocycles. The van der Waals surface area contributed by atoms with Gasteiger partial charge in [-0.1, -0.05) is 30.3 Å². The molecule has 110 valence electrons. The maximum atomic E-state index is 12.3. The summed E-state index contributed by atoms with van der Waals surface area (Å²) in [6.07, 6.45) is -0.0747. The Morgan fingerprint density at radius 3 is 1.95 bits per heavy atom. The molecule has 0 bridgehead atoms. The van der Waals surface area contributed by atoms with E-state index in [2.05, 4.69) is 0 Å². The molecule has 1 aromatic rings. The van der Waals surface area contributed by atoms with Gasteiger partial charge in [-0.05, 0) is 19.4 Å². The van der Waals surface area contributed by atoms with Crippen molar-refractivity contribution < 1.29 is 24.2 Å². The largest absolute Gasteiger partial charge is 0.465 e. The molecular weight excluding hydrogens is 260 g/mol. The van der Waals surface area contributed by atoms with Gasteiger partial charge in [-0.25, -0.2) is 0 Å². The third-order valence-electron chi connectivity index (χ3n) is 3.00. The highest BCUT2D eigenvalue weighted by Crippen LogP contribution is 2.31. The van der Waals surface area contributed by atoms with Crippen molar-refractivity contribution in [2.24, 2.45) is 0 Å². The molecule has 1 N–H and O–H groups in total. The molecule has 5 nitrogen and oxygen atoms in total. The molecule has 0 atom stereocenters. The second kappa shape index (κ2) is 7.65. The lowest BCUT2D eigenvalue weighted by Gasteiger charge is -2.28. The van der Waals surface area contributed by atoms with Gasteiger partial charge in [0.2, 0.25) is 0 Å². The van der Waals surface area contributed by atoms with Gasteiger partial charge in [-0.15, -0.1) is 0 Å². The van der Waals surface area contributed by atoms with Crippen molar-refractivity contribution >= 4 is 11.9 Å². The summed E-state index contributed by atoms with van der Waals surface area (Å²) in [7, 11) is 0. The van der Waals surface area contributed by atoms with Crippen molar-refractivity contribution in [3.05, 3.63) is 35.9 Å². The summed E-state index contributed by atoms with van der Waals surface area (Å²) in [6.45, 7) is 3.30. The zero-order valence-corrected chi connectivity index (χ0v) is 11.8. The summed E-state index contributed by atoms with van der Waals surface area (Å²) in [4.78, 5) is 24.7. The van der Waals surface area contributed by atoms with Gasteiger partial charge in [0.1, 0.15) is 0 Å². The maximum absolute atomic E-state index is 12.3. The van der Waals surface area contributed by atoms with Gasteiger partial charge in [0.15, 0.2) is 5.41 Å². The van der Waals surface area contributed by atoms with Crippen LogP contribution in [0.3, 0.4) is 0 Å². The van der Waals surface area contributed by atoms with Gasteiger partial charge < -0.3 is 14.6 Å². The molecule has 0 saturated carbocycles. The van der Waals surface area contributed by atoms with E-state index < -0.39 is 17.4 Å². The Morgan fingerprint density at radius 1 is 1.05 bits per heavy atom. The average Bonchev–Trinajstić information content (AvgIpc) is 2.46. The van der Waals surface area contributed by atoms with E-state index in [-0.39, 0.29) is 26.2 Å². The molecule has 20 heavy (non-hydrogen) atoms. The number of carbonyl (C=O) groups is 2. The Morgan fingerprint density at radius 2 is 1.55 bits per heavy atom. The molecule has 0 aromatic heterocycles. The van der Waals surface area contributed by atoms with Gasteiger partial charge >= 0.3 is 11.9 Å². The average molecular weight is 280 g/mol. The smallest absolute Gasteiger partial charge is 0.328 e. The van der Waals surface area contributed by atoms with E-state index in [1.165, 1.54) is 0 Å². The molecule has 0 saturated heterocycles. The molecule has 1 aromatic carbocycles. The molecule has 0 fully saturated rings. The van der Waals surface area contributed by atoms with Crippen LogP contribution in [0.5, 0.6) is 0 Å². The zero-order valence-electron chi connectivity index (χ0n) is 11.8. The maximum Gasteiger partial charge on any atom is 0.328 e. The number of aliphatic hydroxyl groups is 1. The van der Waals surface area contributed by atoms with Gasteiger partial charge in [-0.3, -0.25) is 9.59 Å². The molecule has 0 aliphatic rings. The van der Waals surface area contributed by atoms with Crippen LogP contribution in [0.2, 0.25) is 0 Å². The summed E-state index contributed by atoms with van der Waals surface area (Å²) in [5.41, 5.74) is -1.15. The molecule has 0 unspecified atom stereocenters. The molecule has 0 amide bonds. The minimum Gasteiger partial charge on any atom is -0.465 e. The molecule has 5 heteroatoms. The Kier molecular flexibility index (Phi) is 6.18. The lowest BCUT2D eigenvalue weighted by atomic mass is 9.77. The number of rotatable bonds is 7. The minimum atomic E-state index is -1.61. The summed E-state index contributed by atoms with van der Waals surface area (Å²) in [6, 6.07) is 8.54. The van der Waals surface area contributed by atoms with E-state index in [1.807, 2.05) is 0 Å². The predicted molar refractivity (Wildman–Crippen MR) is 73.1 cm³/mol. The second-order valence-electron chi connectivity index (χ2n) is 4.19. The molecular formula is C15H20O5. The van der Waals surface area contributed by atoms with Crippen molar-refractivity contribution in [1.29, 1.82) is 0 Å². The number of carbonyl (C=O) groups excluding carboxylic acids is 2. The van der Waals surface area contributed by atoms with Crippen LogP contribution < -0.4 is 0 Å². The van der Waals surface area contributed by atoms with E-state index in [9.17, 15) is 14.7 Å². The van der Waals surface area contributed by atoms with E-state index in [1.54, 1.807) is 44.2 Å². The van der Waals surface area contributed by atoms with Crippen molar-refractivity contribution in [3.63, 3.8) is 0 Å². The Labute approximate surface area is 118 Å². The highest BCUT2D eigenvalue weighted by molar-refractivity contribution is 6.06. The fourth-order valence-electron chi connectivity index (χ4n) is 2.07. The molecule has 0 aliphatic heterocycles. The Bertz CT molecular complexity index is 423. The Hall–Kier alpha value is -1.88. The van der Waals surface area contributed by atoms with Crippen molar-refractivity contribution in [2.45, 2.75) is 25.7 Å². The van der Waals surface area contributed by atoms with E-state index in [4.69, 9.17) is 9.47 Å². The third-order valence-corrected chi connectivity index (χ3v) is 3.00.